The first-order chi connectivity index (χ1) is 10.5. The van der Waals surface area contributed by atoms with Crippen molar-refractivity contribution in [3.8, 4) is 0 Å². The summed E-state index contributed by atoms with van der Waals surface area (Å²) in [5.41, 5.74) is 8.13. The molecule has 0 aromatic heterocycles. The van der Waals surface area contributed by atoms with Crippen molar-refractivity contribution in [2.24, 2.45) is 34.2 Å². The van der Waals surface area contributed by atoms with E-state index in [-0.39, 0.29) is 11.5 Å². The molecule has 0 aromatic rings. The third kappa shape index (κ3) is 1.78. The molecule has 4 aliphatic carbocycles. The lowest BCUT2D eigenvalue weighted by Gasteiger charge is -2.53. The SMILES string of the molecule is C[C@]1(O)CCC2C3C=CC4=CC(N=N)C=CC4C3CC[C@@]21C. The second-order valence-corrected chi connectivity index (χ2v) is 8.17. The number of rotatable bonds is 1. The van der Waals surface area contributed by atoms with E-state index in [2.05, 4.69) is 42.4 Å². The van der Waals surface area contributed by atoms with Crippen molar-refractivity contribution >= 4 is 0 Å². The molecule has 0 heterocycles. The van der Waals surface area contributed by atoms with Crippen molar-refractivity contribution in [3.63, 3.8) is 0 Å². The quantitative estimate of drug-likeness (QED) is 0.551. The van der Waals surface area contributed by atoms with Crippen molar-refractivity contribution in [2.45, 2.75) is 51.2 Å². The maximum Gasteiger partial charge on any atom is 0.107 e. The summed E-state index contributed by atoms with van der Waals surface area (Å²) in [4.78, 5) is 0. The molecule has 4 rings (SSSR count). The molecule has 118 valence electrons. The van der Waals surface area contributed by atoms with Crippen molar-refractivity contribution in [3.05, 3.63) is 36.0 Å². The standard InChI is InChI=1S/C19H26N2O/c1-18-9-7-15-14-6-4-13(21-20)11-12(14)3-5-16(15)17(18)8-10-19(18,2)22/h3-6,11,13-17,20,22H,7-10H2,1-2H3/t13?,14?,15?,16?,17?,18-,19-/m0/s1. The highest BCUT2D eigenvalue weighted by Crippen LogP contribution is 2.63. The molecular weight excluding hydrogens is 272 g/mol. The predicted octanol–water partition coefficient (Wildman–Crippen LogP) is 4.26. The molecule has 7 atom stereocenters. The minimum atomic E-state index is -0.510. The van der Waals surface area contributed by atoms with E-state index in [1.165, 1.54) is 12.0 Å². The molecule has 3 heteroatoms. The van der Waals surface area contributed by atoms with Gasteiger partial charge in [-0.3, -0.25) is 0 Å². The van der Waals surface area contributed by atoms with E-state index < -0.39 is 5.60 Å². The molecule has 2 fully saturated rings. The van der Waals surface area contributed by atoms with Crippen LogP contribution in [0.4, 0.5) is 0 Å². The maximum absolute atomic E-state index is 10.9. The summed E-state index contributed by atoms with van der Waals surface area (Å²) in [6.07, 6.45) is 15.6. The Labute approximate surface area is 132 Å². The zero-order chi connectivity index (χ0) is 15.5. The topological polar surface area (TPSA) is 56.4 Å². The highest BCUT2D eigenvalue weighted by Gasteiger charge is 2.59. The zero-order valence-electron chi connectivity index (χ0n) is 13.5. The fourth-order valence-corrected chi connectivity index (χ4v) is 5.73. The first-order valence-corrected chi connectivity index (χ1v) is 8.63. The van der Waals surface area contributed by atoms with Gasteiger partial charge in [-0.15, -0.1) is 0 Å². The van der Waals surface area contributed by atoms with Crippen molar-refractivity contribution in [2.75, 3.05) is 0 Å². The van der Waals surface area contributed by atoms with Gasteiger partial charge in [0.15, 0.2) is 0 Å². The van der Waals surface area contributed by atoms with E-state index >= 15 is 0 Å². The lowest BCUT2D eigenvalue weighted by Crippen LogP contribution is -2.50. The van der Waals surface area contributed by atoms with E-state index in [1.54, 1.807) is 0 Å². The Hall–Kier alpha value is -1.22. The number of nitrogens with zero attached hydrogens (tertiary/aromatic N) is 1. The summed E-state index contributed by atoms with van der Waals surface area (Å²) in [7, 11) is 0. The Bertz CT molecular complexity index is 588. The molecule has 0 aromatic carbocycles. The number of hydrogen-bond acceptors (Lipinski definition) is 3. The van der Waals surface area contributed by atoms with Gasteiger partial charge in [-0.1, -0.05) is 37.3 Å². The molecule has 2 N–H and O–H groups in total. The van der Waals surface area contributed by atoms with Gasteiger partial charge in [0.2, 0.25) is 0 Å². The van der Waals surface area contributed by atoms with Crippen LogP contribution in [0.2, 0.25) is 0 Å². The molecule has 0 aliphatic heterocycles. The van der Waals surface area contributed by atoms with Gasteiger partial charge in [-0.25, -0.2) is 5.53 Å². The number of nitrogens with one attached hydrogen (secondary N) is 1. The molecule has 0 radical (unpaired) electrons. The summed E-state index contributed by atoms with van der Waals surface area (Å²) in [5.74, 6) is 2.34. The molecule has 2 saturated carbocycles. The lowest BCUT2D eigenvalue weighted by molar-refractivity contribution is -0.0922. The molecule has 5 unspecified atom stereocenters. The summed E-state index contributed by atoms with van der Waals surface area (Å²) < 4.78 is 0. The molecule has 0 bridgehead atoms. The fourth-order valence-electron chi connectivity index (χ4n) is 5.73. The van der Waals surface area contributed by atoms with E-state index in [1.807, 2.05) is 6.92 Å². The Morgan fingerprint density at radius 1 is 1.18 bits per heavy atom. The molecule has 3 nitrogen and oxygen atoms in total. The highest BCUT2D eigenvalue weighted by atomic mass is 16.3. The summed E-state index contributed by atoms with van der Waals surface area (Å²) in [6.45, 7) is 4.36. The monoisotopic (exact) mass is 298 g/mol. The van der Waals surface area contributed by atoms with Gasteiger partial charge < -0.3 is 5.11 Å². The average Bonchev–Trinajstić information content (AvgIpc) is 2.76. The van der Waals surface area contributed by atoms with Crippen LogP contribution in [0.15, 0.2) is 41.1 Å². The lowest BCUT2D eigenvalue weighted by atomic mass is 9.53. The third-order valence-electron chi connectivity index (χ3n) is 7.33. The van der Waals surface area contributed by atoms with Crippen LogP contribution in [0, 0.1) is 34.6 Å². The molecule has 0 saturated heterocycles. The maximum atomic E-state index is 10.9. The van der Waals surface area contributed by atoms with Crippen molar-refractivity contribution in [1.29, 1.82) is 5.53 Å². The second kappa shape index (κ2) is 4.64. The minimum absolute atomic E-state index is 0.0666. The molecule has 0 amide bonds. The average molecular weight is 298 g/mol. The van der Waals surface area contributed by atoms with Gasteiger partial charge >= 0.3 is 0 Å². The van der Waals surface area contributed by atoms with Gasteiger partial charge in [0.25, 0.3) is 0 Å². The van der Waals surface area contributed by atoms with Crippen LogP contribution in [0.5, 0.6) is 0 Å². The largest absolute Gasteiger partial charge is 0.390 e. The molecule has 4 aliphatic rings. The number of allylic oxidation sites excluding steroid dienone is 4. The van der Waals surface area contributed by atoms with Crippen LogP contribution in [0.1, 0.15) is 39.5 Å². The first kappa shape index (κ1) is 14.4. The Balaban J connectivity index is 1.69. The van der Waals surface area contributed by atoms with E-state index in [0.29, 0.717) is 23.7 Å². The minimum Gasteiger partial charge on any atom is -0.390 e. The Kier molecular flexibility index (Phi) is 3.03. The number of hydrogen-bond donors (Lipinski definition) is 2. The van der Waals surface area contributed by atoms with Gasteiger partial charge in [-0.2, -0.15) is 5.11 Å². The summed E-state index contributed by atoms with van der Waals surface area (Å²) in [5, 5.41) is 14.5. The van der Waals surface area contributed by atoms with Gasteiger partial charge in [0, 0.05) is 5.92 Å². The highest BCUT2D eigenvalue weighted by molar-refractivity contribution is 5.38. The predicted molar refractivity (Wildman–Crippen MR) is 86.5 cm³/mol. The first-order valence-electron chi connectivity index (χ1n) is 8.63. The van der Waals surface area contributed by atoms with Crippen LogP contribution >= 0.6 is 0 Å². The summed E-state index contributed by atoms with van der Waals surface area (Å²) in [6, 6.07) is -0.0754. The van der Waals surface area contributed by atoms with Crippen molar-refractivity contribution < 1.29 is 5.11 Å². The zero-order valence-corrected chi connectivity index (χ0v) is 13.5. The molecule has 0 spiro atoms. The molecular formula is C19H26N2O. The van der Waals surface area contributed by atoms with E-state index in [4.69, 9.17) is 5.53 Å². The number of fused-ring (bicyclic) bond motifs is 5. The third-order valence-corrected chi connectivity index (χ3v) is 7.33. The number of aliphatic hydroxyl groups is 1. The van der Waals surface area contributed by atoms with Crippen LogP contribution in [0.3, 0.4) is 0 Å². The van der Waals surface area contributed by atoms with Crippen molar-refractivity contribution in [1.82, 2.24) is 0 Å². The van der Waals surface area contributed by atoms with Gasteiger partial charge in [0.05, 0.1) is 5.60 Å². The van der Waals surface area contributed by atoms with Crippen LogP contribution in [-0.4, -0.2) is 16.7 Å². The Morgan fingerprint density at radius 3 is 2.77 bits per heavy atom. The summed E-state index contributed by atoms with van der Waals surface area (Å²) >= 11 is 0. The van der Waals surface area contributed by atoms with Crippen LogP contribution < -0.4 is 0 Å². The van der Waals surface area contributed by atoms with Gasteiger partial charge in [0.1, 0.15) is 6.04 Å². The normalized spacial score (nSPS) is 52.5. The fraction of sp³-hybridized carbons (Fsp3) is 0.684. The Morgan fingerprint density at radius 2 is 2.00 bits per heavy atom. The second-order valence-electron chi connectivity index (χ2n) is 8.17. The van der Waals surface area contributed by atoms with Gasteiger partial charge in [-0.05, 0) is 61.3 Å². The van der Waals surface area contributed by atoms with E-state index in [0.717, 1.165) is 19.3 Å². The van der Waals surface area contributed by atoms with Crippen LogP contribution in [-0.2, 0) is 0 Å². The van der Waals surface area contributed by atoms with E-state index in [9.17, 15) is 5.11 Å². The molecule has 22 heavy (non-hydrogen) atoms. The van der Waals surface area contributed by atoms with Crippen LogP contribution in [0.25, 0.3) is 0 Å². The smallest absolute Gasteiger partial charge is 0.107 e.